The van der Waals surface area contributed by atoms with Crippen LogP contribution in [-0.4, -0.2) is 46.1 Å². The van der Waals surface area contributed by atoms with Gasteiger partial charge < -0.3 is 19.4 Å². The van der Waals surface area contributed by atoms with Gasteiger partial charge in [0.1, 0.15) is 22.9 Å². The Labute approximate surface area is 275 Å². The van der Waals surface area contributed by atoms with Crippen molar-refractivity contribution in [2.24, 2.45) is 7.05 Å². The zero-order valence-corrected chi connectivity index (χ0v) is 28.6. The van der Waals surface area contributed by atoms with E-state index in [1.165, 1.54) is 12.1 Å². The van der Waals surface area contributed by atoms with E-state index in [1.807, 2.05) is 83.7 Å². The van der Waals surface area contributed by atoms with Crippen molar-refractivity contribution < 1.29 is 18.7 Å². The van der Waals surface area contributed by atoms with Gasteiger partial charge in [0.15, 0.2) is 0 Å². The van der Waals surface area contributed by atoms with Gasteiger partial charge in [0.05, 0.1) is 22.8 Å². The van der Waals surface area contributed by atoms with Gasteiger partial charge >= 0.3 is 5.97 Å². The molecule has 0 aliphatic heterocycles. The molecule has 9 heteroatoms. The fraction of sp³-hybridized carbons (Fsp3) is 0.405. The van der Waals surface area contributed by atoms with Gasteiger partial charge in [0, 0.05) is 41.2 Å². The molecule has 1 N–H and O–H groups in total. The van der Waals surface area contributed by atoms with Crippen LogP contribution in [0.4, 0.5) is 4.39 Å². The first-order valence-corrected chi connectivity index (χ1v) is 16.3. The number of aryl methyl sites for hydroxylation is 4. The van der Waals surface area contributed by atoms with Crippen LogP contribution < -0.4 is 10.1 Å². The normalized spacial score (nSPS) is 11.9. The van der Waals surface area contributed by atoms with Gasteiger partial charge in [-0.25, -0.2) is 9.18 Å². The lowest BCUT2D eigenvalue weighted by Crippen LogP contribution is -2.26. The maximum absolute atomic E-state index is 14.1. The lowest BCUT2D eigenvalue weighted by atomic mass is 9.98. The number of esters is 1. The largest absolute Gasteiger partial charge is 0.493 e. The van der Waals surface area contributed by atoms with Crippen molar-refractivity contribution in [3.63, 3.8) is 0 Å². The Kier molecular flexibility index (Phi) is 10.1. The Bertz CT molecular complexity index is 1890. The Balaban J connectivity index is 1.61. The number of hydrogen-bond donors (Lipinski definition) is 1. The second-order valence-corrected chi connectivity index (χ2v) is 13.3. The summed E-state index contributed by atoms with van der Waals surface area (Å²) < 4.78 is 30.1. The fourth-order valence-corrected chi connectivity index (χ4v) is 6.50. The minimum Gasteiger partial charge on any atom is -0.493 e. The summed E-state index contributed by atoms with van der Waals surface area (Å²) >= 11 is 7.03. The van der Waals surface area contributed by atoms with E-state index < -0.39 is 5.60 Å². The molecule has 0 unspecified atom stereocenters. The summed E-state index contributed by atoms with van der Waals surface area (Å²) in [7, 11) is 3.88. The van der Waals surface area contributed by atoms with Gasteiger partial charge in [0.25, 0.3) is 0 Å². The van der Waals surface area contributed by atoms with Crippen LogP contribution in [0.3, 0.4) is 0 Å². The van der Waals surface area contributed by atoms with Crippen molar-refractivity contribution in [3.05, 3.63) is 82.0 Å². The molecule has 2 aromatic heterocycles. The zero-order chi connectivity index (χ0) is 33.2. The molecule has 7 nitrogen and oxygen atoms in total. The van der Waals surface area contributed by atoms with Gasteiger partial charge in [-0.3, -0.25) is 4.68 Å². The number of fused-ring (bicyclic) bond motifs is 2. The quantitative estimate of drug-likeness (QED) is 0.109. The zero-order valence-electron chi connectivity index (χ0n) is 27.9. The smallest absolute Gasteiger partial charge is 0.355 e. The Morgan fingerprint density at radius 1 is 1.02 bits per heavy atom. The number of halogens is 2. The second kappa shape index (κ2) is 13.9. The van der Waals surface area contributed by atoms with E-state index in [2.05, 4.69) is 9.88 Å². The van der Waals surface area contributed by atoms with E-state index in [1.54, 1.807) is 6.07 Å². The first-order valence-electron chi connectivity index (χ1n) is 15.9. The summed E-state index contributed by atoms with van der Waals surface area (Å²) in [4.78, 5) is 14.1. The summed E-state index contributed by atoms with van der Waals surface area (Å²) in [6.07, 6.45) is 3.04. The third-order valence-corrected chi connectivity index (χ3v) is 8.63. The van der Waals surface area contributed by atoms with Crippen LogP contribution in [0.2, 0.25) is 5.02 Å². The third kappa shape index (κ3) is 6.93. The van der Waals surface area contributed by atoms with E-state index in [4.69, 9.17) is 26.2 Å². The molecule has 5 rings (SSSR count). The molecule has 0 spiro atoms. The average molecular weight is 647 g/mol. The van der Waals surface area contributed by atoms with Crippen LogP contribution in [0.1, 0.15) is 67.5 Å². The van der Waals surface area contributed by atoms with Crippen LogP contribution in [0.5, 0.6) is 5.75 Å². The molecule has 0 aliphatic rings. The average Bonchev–Trinajstić information content (AvgIpc) is 3.44. The van der Waals surface area contributed by atoms with Crippen molar-refractivity contribution in [1.82, 2.24) is 19.7 Å². The molecule has 46 heavy (non-hydrogen) atoms. The summed E-state index contributed by atoms with van der Waals surface area (Å²) in [6.45, 7) is 11.6. The number of hydrogen-bond acceptors (Lipinski definition) is 5. The van der Waals surface area contributed by atoms with Crippen LogP contribution in [-0.2, 0) is 24.8 Å². The predicted molar refractivity (Wildman–Crippen MR) is 185 cm³/mol. The van der Waals surface area contributed by atoms with E-state index in [0.29, 0.717) is 42.5 Å². The van der Waals surface area contributed by atoms with Gasteiger partial charge in [-0.05, 0) is 115 Å². The highest BCUT2D eigenvalue weighted by Crippen LogP contribution is 2.42. The highest BCUT2D eigenvalue weighted by Gasteiger charge is 2.30. The SMILES string of the molecule is CNCCCCn1c(C(=O)OC(C)(C)C)c(CCCOc2cccc3cc(F)ccc23)c2ccc(Cl)c(-c3c(C)nn(C)c3C)c21. The number of aromatic nitrogens is 3. The molecule has 0 saturated carbocycles. The lowest BCUT2D eigenvalue weighted by Gasteiger charge is -2.21. The van der Waals surface area contributed by atoms with Crippen molar-refractivity contribution in [2.75, 3.05) is 20.2 Å². The Morgan fingerprint density at radius 3 is 2.48 bits per heavy atom. The summed E-state index contributed by atoms with van der Waals surface area (Å²) in [5.74, 6) is 0.0669. The number of benzene rings is 3. The van der Waals surface area contributed by atoms with E-state index >= 15 is 0 Å². The molecule has 5 aromatic rings. The predicted octanol–water partition coefficient (Wildman–Crippen LogP) is 8.57. The van der Waals surface area contributed by atoms with E-state index in [-0.39, 0.29) is 11.8 Å². The number of carbonyl (C=O) groups is 1. The van der Waals surface area contributed by atoms with Gasteiger partial charge in [-0.15, -0.1) is 0 Å². The summed E-state index contributed by atoms with van der Waals surface area (Å²) in [6, 6.07) is 14.3. The maximum atomic E-state index is 14.1. The van der Waals surface area contributed by atoms with Gasteiger partial charge in [0.2, 0.25) is 0 Å². The first kappa shape index (κ1) is 33.5. The Hall–Kier alpha value is -3.88. The van der Waals surface area contributed by atoms with Gasteiger partial charge in [-0.2, -0.15) is 5.10 Å². The third-order valence-electron chi connectivity index (χ3n) is 8.32. The molecule has 0 bridgehead atoms. The number of ether oxygens (including phenoxy) is 2. The molecule has 244 valence electrons. The highest BCUT2D eigenvalue weighted by molar-refractivity contribution is 6.35. The van der Waals surface area contributed by atoms with E-state index in [9.17, 15) is 9.18 Å². The fourth-order valence-electron chi connectivity index (χ4n) is 6.26. The molecular weight excluding hydrogens is 603 g/mol. The molecule has 3 aromatic carbocycles. The lowest BCUT2D eigenvalue weighted by molar-refractivity contribution is 0.00566. The number of rotatable bonds is 12. The van der Waals surface area contributed by atoms with Crippen molar-refractivity contribution in [3.8, 4) is 16.9 Å². The summed E-state index contributed by atoms with van der Waals surface area (Å²) in [5, 5.41) is 11.1. The molecule has 0 atom stereocenters. The van der Waals surface area contributed by atoms with E-state index in [0.717, 1.165) is 69.1 Å². The molecular formula is C37H44ClFN4O3. The van der Waals surface area contributed by atoms with Crippen LogP contribution >= 0.6 is 11.6 Å². The molecule has 0 amide bonds. The minimum atomic E-state index is -0.671. The molecule has 2 heterocycles. The summed E-state index contributed by atoms with van der Waals surface area (Å²) in [5.41, 5.74) is 5.45. The topological polar surface area (TPSA) is 70.3 Å². The van der Waals surface area contributed by atoms with Crippen molar-refractivity contribution in [2.45, 2.75) is 72.4 Å². The first-order chi connectivity index (χ1) is 21.9. The van der Waals surface area contributed by atoms with Crippen molar-refractivity contribution >= 4 is 39.2 Å². The van der Waals surface area contributed by atoms with Gasteiger partial charge in [-0.1, -0.05) is 29.8 Å². The van der Waals surface area contributed by atoms with Crippen molar-refractivity contribution in [1.29, 1.82) is 0 Å². The second-order valence-electron chi connectivity index (χ2n) is 12.9. The molecule has 0 fully saturated rings. The monoisotopic (exact) mass is 646 g/mol. The van der Waals surface area contributed by atoms with Crippen LogP contribution in [0.15, 0.2) is 48.5 Å². The molecule has 0 radical (unpaired) electrons. The van der Waals surface area contributed by atoms with Crippen LogP contribution in [0.25, 0.3) is 32.8 Å². The molecule has 0 saturated heterocycles. The molecule has 0 aliphatic carbocycles. The van der Waals surface area contributed by atoms with Crippen LogP contribution in [0, 0.1) is 19.7 Å². The number of nitrogens with zero attached hydrogens (tertiary/aromatic N) is 3. The number of carbonyl (C=O) groups excluding carboxylic acids is 1. The minimum absolute atomic E-state index is 0.280. The Morgan fingerprint density at radius 2 is 1.78 bits per heavy atom. The standard InChI is InChI=1S/C37H44ClFN4O3/c1-23-32(24(2)42(7)41-23)33-30(38)18-17-29-28(13-11-21-45-31-14-10-12-25-22-26(39)15-16-27(25)31)35(36(44)46-37(3,4)5)43(34(29)33)20-9-8-19-40-6/h10,12,14-18,22,40H,8-9,11,13,19-21H2,1-7H3. The highest BCUT2D eigenvalue weighted by atomic mass is 35.5. The number of unbranched alkanes of at least 4 members (excludes halogenated alkanes) is 1. The maximum Gasteiger partial charge on any atom is 0.355 e. The number of nitrogens with one attached hydrogen (secondary N) is 1.